The number of benzene rings is 6. The molecule has 0 heterocycles. The average molecular weight is 843 g/mol. The summed E-state index contributed by atoms with van der Waals surface area (Å²) >= 11 is 0. The normalized spacial score (nSPS) is 13.5. The number of para-hydroxylation sites is 1. The molecule has 0 aromatic heterocycles. The Morgan fingerprint density at radius 3 is 1.39 bits per heavy atom. The standard InChI is InChI=1S/C24H21N3O4.C21H12F3N3O4/c1-4-15-7-6-8-16(5-2)23(15)25-24-19-11-14(3)9-10-18(19)22-20(24)12-17(26(28)29)13-21(22)27(30)31;1-11-5-6-15-16(7-11)20(25-13-4-2-3-12(8-13)21(22,23)24)17-9-14(26(28)29)10-18(19(15)17)27(30)31/h6-13H,4-5H2,1-3H3;2-10H,1H3. The number of hydrogen-bond donors (Lipinski definition) is 0. The lowest BCUT2D eigenvalue weighted by atomic mass is 10.0. The van der Waals surface area contributed by atoms with Gasteiger partial charge in [0.25, 0.3) is 22.7 Å². The van der Waals surface area contributed by atoms with Crippen molar-refractivity contribution in [3.05, 3.63) is 194 Å². The van der Waals surface area contributed by atoms with Crippen molar-refractivity contribution in [3.63, 3.8) is 0 Å². The third-order valence-corrected chi connectivity index (χ3v) is 10.5. The monoisotopic (exact) mass is 842 g/mol. The van der Waals surface area contributed by atoms with E-state index in [4.69, 9.17) is 4.99 Å². The number of nitro benzene ring substituents is 4. The molecule has 0 N–H and O–H groups in total. The zero-order valence-electron chi connectivity index (χ0n) is 33.3. The molecule has 8 rings (SSSR count). The van der Waals surface area contributed by atoms with Crippen LogP contribution in [-0.4, -0.2) is 31.1 Å². The van der Waals surface area contributed by atoms with Crippen LogP contribution < -0.4 is 0 Å². The highest BCUT2D eigenvalue weighted by molar-refractivity contribution is 6.27. The molecule has 0 radical (unpaired) electrons. The topological polar surface area (TPSA) is 197 Å². The number of nitrogens with zero attached hydrogens (tertiary/aromatic N) is 6. The highest BCUT2D eigenvalue weighted by Gasteiger charge is 2.37. The molecule has 2 aliphatic carbocycles. The summed E-state index contributed by atoms with van der Waals surface area (Å²) in [7, 11) is 0. The summed E-state index contributed by atoms with van der Waals surface area (Å²) in [6.45, 7) is 7.82. The lowest BCUT2D eigenvalue weighted by Crippen LogP contribution is -2.04. The van der Waals surface area contributed by atoms with E-state index in [1.807, 2.05) is 43.3 Å². The van der Waals surface area contributed by atoms with Crippen molar-refractivity contribution < 1.29 is 32.9 Å². The molecule has 14 nitrogen and oxygen atoms in total. The SMILES string of the molecule is CCc1cccc(CC)c1N=C1c2cc(C)ccc2-c2c1cc([N+](=O)[O-])cc2[N+](=O)[O-].Cc1ccc2c(c1)C(=Nc1cccc(C(F)(F)F)c1)c1cc([N+](=O)[O-])cc([N+](=O)[O-])c1-2. The first-order valence-corrected chi connectivity index (χ1v) is 19.0. The largest absolute Gasteiger partial charge is 0.416 e. The Morgan fingerprint density at radius 2 is 0.968 bits per heavy atom. The van der Waals surface area contributed by atoms with Crippen LogP contribution in [0.1, 0.15) is 63.9 Å². The fraction of sp³-hybridized carbons (Fsp3) is 0.156. The number of fused-ring (bicyclic) bond motifs is 6. The molecule has 0 saturated heterocycles. The maximum absolute atomic E-state index is 13.1. The summed E-state index contributed by atoms with van der Waals surface area (Å²) in [5.41, 5.74) is 6.32. The van der Waals surface area contributed by atoms with Gasteiger partial charge in [-0.1, -0.05) is 73.5 Å². The molecule has 0 saturated carbocycles. The van der Waals surface area contributed by atoms with Gasteiger partial charge >= 0.3 is 6.18 Å². The van der Waals surface area contributed by atoms with Gasteiger partial charge in [-0.3, -0.25) is 40.5 Å². The quantitative estimate of drug-likeness (QED) is 0.106. The van der Waals surface area contributed by atoms with Crippen LogP contribution in [0.25, 0.3) is 22.3 Å². The lowest BCUT2D eigenvalue weighted by molar-refractivity contribution is -0.394. The average Bonchev–Trinajstić information content (AvgIpc) is 3.70. The summed E-state index contributed by atoms with van der Waals surface area (Å²) in [6, 6.07) is 25.5. The number of hydrogen-bond acceptors (Lipinski definition) is 10. The molecule has 0 spiro atoms. The van der Waals surface area contributed by atoms with Crippen LogP contribution in [0.3, 0.4) is 0 Å². The molecule has 0 unspecified atom stereocenters. The van der Waals surface area contributed by atoms with Gasteiger partial charge in [0.1, 0.15) is 0 Å². The highest BCUT2D eigenvalue weighted by Crippen LogP contribution is 2.48. The Morgan fingerprint density at radius 1 is 0.516 bits per heavy atom. The van der Waals surface area contributed by atoms with Gasteiger partial charge in [-0.15, -0.1) is 0 Å². The summed E-state index contributed by atoms with van der Waals surface area (Å²) in [6.07, 6.45) is -3.01. The van der Waals surface area contributed by atoms with E-state index in [0.717, 1.165) is 76.7 Å². The Bertz CT molecular complexity index is 2960. The molecule has 312 valence electrons. The van der Waals surface area contributed by atoms with Crippen LogP contribution in [-0.2, 0) is 19.0 Å². The number of alkyl halides is 3. The molecule has 0 amide bonds. The van der Waals surface area contributed by atoms with Gasteiger partial charge in [-0.2, -0.15) is 13.2 Å². The zero-order valence-corrected chi connectivity index (χ0v) is 33.3. The number of aliphatic imine (C=N–C) groups is 2. The second kappa shape index (κ2) is 16.2. The molecule has 62 heavy (non-hydrogen) atoms. The van der Waals surface area contributed by atoms with Gasteiger partial charge in [-0.25, -0.2) is 9.98 Å². The molecule has 6 aromatic carbocycles. The molecule has 0 aliphatic heterocycles. The van der Waals surface area contributed by atoms with E-state index in [1.165, 1.54) is 18.2 Å². The predicted molar refractivity (Wildman–Crippen MR) is 227 cm³/mol. The first-order chi connectivity index (χ1) is 29.4. The van der Waals surface area contributed by atoms with Gasteiger partial charge < -0.3 is 0 Å². The van der Waals surface area contributed by atoms with Crippen LogP contribution in [0, 0.1) is 54.3 Å². The van der Waals surface area contributed by atoms with Crippen molar-refractivity contribution in [2.45, 2.75) is 46.7 Å². The van der Waals surface area contributed by atoms with Crippen LogP contribution in [0.2, 0.25) is 0 Å². The smallest absolute Gasteiger partial charge is 0.258 e. The van der Waals surface area contributed by atoms with Gasteiger partial charge in [0.05, 0.1) is 71.3 Å². The summed E-state index contributed by atoms with van der Waals surface area (Å²) < 4.78 is 39.3. The third-order valence-electron chi connectivity index (χ3n) is 10.5. The molecule has 0 atom stereocenters. The van der Waals surface area contributed by atoms with Crippen molar-refractivity contribution in [2.24, 2.45) is 9.98 Å². The van der Waals surface area contributed by atoms with E-state index < -0.39 is 42.8 Å². The summed E-state index contributed by atoms with van der Waals surface area (Å²) in [5.74, 6) is 0. The zero-order chi connectivity index (χ0) is 44.8. The first kappa shape index (κ1) is 42.2. The Kier molecular flexibility index (Phi) is 11.1. The van der Waals surface area contributed by atoms with Crippen LogP contribution in [0.15, 0.2) is 113 Å². The van der Waals surface area contributed by atoms with Crippen molar-refractivity contribution in [1.82, 2.24) is 0 Å². The summed E-state index contributed by atoms with van der Waals surface area (Å²) in [4.78, 5) is 53.0. The minimum Gasteiger partial charge on any atom is -0.258 e. The minimum absolute atomic E-state index is 0.0284. The third kappa shape index (κ3) is 7.78. The van der Waals surface area contributed by atoms with Crippen molar-refractivity contribution in [3.8, 4) is 22.3 Å². The molecular weight excluding hydrogens is 810 g/mol. The van der Waals surface area contributed by atoms with E-state index in [-0.39, 0.29) is 33.9 Å². The van der Waals surface area contributed by atoms with E-state index in [1.54, 1.807) is 25.1 Å². The lowest BCUT2D eigenvalue weighted by Gasteiger charge is -2.11. The fourth-order valence-electron chi connectivity index (χ4n) is 7.69. The number of aryl methyl sites for hydroxylation is 4. The second-order valence-electron chi connectivity index (χ2n) is 14.5. The molecule has 17 heteroatoms. The number of rotatable bonds is 8. The maximum atomic E-state index is 13.1. The summed E-state index contributed by atoms with van der Waals surface area (Å²) in [5, 5.41) is 46.3. The van der Waals surface area contributed by atoms with Gasteiger partial charge in [0, 0.05) is 34.4 Å². The number of halogens is 3. The van der Waals surface area contributed by atoms with E-state index in [9.17, 15) is 53.6 Å². The minimum atomic E-state index is -4.57. The van der Waals surface area contributed by atoms with Gasteiger partial charge in [0.15, 0.2) is 0 Å². The molecule has 2 aliphatic rings. The fourth-order valence-corrected chi connectivity index (χ4v) is 7.69. The first-order valence-electron chi connectivity index (χ1n) is 19.0. The Hall–Kier alpha value is -7.95. The van der Waals surface area contributed by atoms with Crippen molar-refractivity contribution in [1.29, 1.82) is 0 Å². The van der Waals surface area contributed by atoms with Crippen LogP contribution in [0.5, 0.6) is 0 Å². The van der Waals surface area contributed by atoms with Crippen LogP contribution >= 0.6 is 0 Å². The molecular formula is C45H33F3N6O8. The number of nitro groups is 4. The van der Waals surface area contributed by atoms with Crippen molar-refractivity contribution in [2.75, 3.05) is 0 Å². The van der Waals surface area contributed by atoms with Gasteiger partial charge in [0.2, 0.25) is 0 Å². The molecule has 6 aromatic rings. The number of non-ortho nitro benzene ring substituents is 2. The maximum Gasteiger partial charge on any atom is 0.416 e. The van der Waals surface area contributed by atoms with Crippen molar-refractivity contribution >= 4 is 45.5 Å². The van der Waals surface area contributed by atoms with Crippen LogP contribution in [0.4, 0.5) is 47.3 Å². The Labute approximate surface area is 350 Å². The molecule has 0 bridgehead atoms. The second-order valence-corrected chi connectivity index (χ2v) is 14.5. The highest BCUT2D eigenvalue weighted by atomic mass is 19.4. The van der Waals surface area contributed by atoms with E-state index >= 15 is 0 Å². The van der Waals surface area contributed by atoms with E-state index in [2.05, 4.69) is 18.8 Å². The van der Waals surface area contributed by atoms with E-state index in [0.29, 0.717) is 33.5 Å². The molecule has 0 fully saturated rings. The van der Waals surface area contributed by atoms with Gasteiger partial charge in [-0.05, 0) is 79.3 Å². The predicted octanol–water partition coefficient (Wildman–Crippen LogP) is 12.1. The Balaban J connectivity index is 0.000000186.